The molecule has 1 aliphatic rings. The van der Waals surface area contributed by atoms with E-state index in [-0.39, 0.29) is 28.5 Å². The molecule has 6 nitrogen and oxygen atoms in total. The molecular formula is C26H33N3O3. The number of nitrogens with one attached hydrogen (secondary N) is 3. The summed E-state index contributed by atoms with van der Waals surface area (Å²) in [5, 5.41) is 19.6. The van der Waals surface area contributed by atoms with E-state index in [0.717, 1.165) is 16.7 Å². The van der Waals surface area contributed by atoms with Gasteiger partial charge >= 0.3 is 6.03 Å². The molecule has 3 rings (SSSR count). The van der Waals surface area contributed by atoms with Crippen LogP contribution in [0.2, 0.25) is 0 Å². The number of phenolic OH excluding ortho intramolecular Hbond substituents is 1. The number of allylic oxidation sites excluding steroid dienone is 1. The van der Waals surface area contributed by atoms with E-state index in [4.69, 9.17) is 0 Å². The minimum atomic E-state index is -0.657. The first-order chi connectivity index (χ1) is 14.8. The number of phenols is 1. The van der Waals surface area contributed by atoms with Crippen LogP contribution in [0, 0.1) is 0 Å². The number of hydrogen-bond donors (Lipinski definition) is 4. The standard InChI is InChI=1S/C26H33N3O3/c1-15-20(23(31)28-17-11-9-8-10-12-17)21(29-24(32)27-15)16-13-18(25(2,3)4)22(30)19(14-16)26(5,6)7/h8-14,21,30H,1-7H3,(H,28,31)(H2,27,29,32)/t21-/m0/s1. The molecule has 32 heavy (non-hydrogen) atoms. The van der Waals surface area contributed by atoms with Gasteiger partial charge in [-0.05, 0) is 58.7 Å². The smallest absolute Gasteiger partial charge is 0.319 e. The fraction of sp³-hybridized carbons (Fsp3) is 0.385. The third-order valence-electron chi connectivity index (χ3n) is 5.63. The van der Waals surface area contributed by atoms with Crippen molar-refractivity contribution in [1.82, 2.24) is 10.6 Å². The van der Waals surface area contributed by atoms with Gasteiger partial charge in [0.15, 0.2) is 0 Å². The van der Waals surface area contributed by atoms with E-state index in [1.807, 2.05) is 84.0 Å². The van der Waals surface area contributed by atoms with Crippen molar-refractivity contribution in [3.05, 3.63) is 70.4 Å². The number of anilines is 1. The summed E-state index contributed by atoms with van der Waals surface area (Å²) in [4.78, 5) is 25.7. The predicted molar refractivity (Wildman–Crippen MR) is 128 cm³/mol. The van der Waals surface area contributed by atoms with Crippen molar-refractivity contribution in [3.8, 4) is 5.75 Å². The van der Waals surface area contributed by atoms with Crippen LogP contribution >= 0.6 is 0 Å². The lowest BCUT2D eigenvalue weighted by molar-refractivity contribution is -0.113. The number of hydrogen-bond acceptors (Lipinski definition) is 3. The summed E-state index contributed by atoms with van der Waals surface area (Å²) in [5.41, 5.74) is 3.23. The van der Waals surface area contributed by atoms with E-state index in [9.17, 15) is 14.7 Å². The molecule has 0 saturated carbocycles. The van der Waals surface area contributed by atoms with Crippen LogP contribution in [0.3, 0.4) is 0 Å². The average Bonchev–Trinajstić information content (AvgIpc) is 2.66. The lowest BCUT2D eigenvalue weighted by atomic mass is 9.77. The zero-order valence-electron chi connectivity index (χ0n) is 19.9. The minimum Gasteiger partial charge on any atom is -0.507 e. The van der Waals surface area contributed by atoms with Gasteiger partial charge < -0.3 is 21.1 Å². The highest BCUT2D eigenvalue weighted by Gasteiger charge is 2.34. The number of amides is 3. The molecular weight excluding hydrogens is 402 g/mol. The van der Waals surface area contributed by atoms with Crippen LogP contribution in [0.5, 0.6) is 5.75 Å². The van der Waals surface area contributed by atoms with Gasteiger partial charge in [0.2, 0.25) is 0 Å². The SMILES string of the molecule is CC1=C(C(=O)Nc2ccccc2)[C@H](c2cc(C(C)(C)C)c(O)c(C(C)(C)C)c2)NC(=O)N1. The van der Waals surface area contributed by atoms with Gasteiger partial charge in [-0.25, -0.2) is 4.79 Å². The topological polar surface area (TPSA) is 90.5 Å². The molecule has 0 fully saturated rings. The van der Waals surface area contributed by atoms with Crippen LogP contribution in [-0.4, -0.2) is 17.0 Å². The van der Waals surface area contributed by atoms with Crippen LogP contribution in [0.1, 0.15) is 71.2 Å². The molecule has 2 aromatic rings. The molecule has 0 aliphatic carbocycles. The summed E-state index contributed by atoms with van der Waals surface area (Å²) < 4.78 is 0. The Morgan fingerprint density at radius 1 is 0.969 bits per heavy atom. The molecule has 0 saturated heterocycles. The first kappa shape index (κ1) is 23.4. The molecule has 1 heterocycles. The summed E-state index contributed by atoms with van der Waals surface area (Å²) in [6.45, 7) is 13.9. The molecule has 0 radical (unpaired) electrons. The fourth-order valence-corrected chi connectivity index (χ4v) is 3.93. The third-order valence-corrected chi connectivity index (χ3v) is 5.63. The second kappa shape index (κ2) is 8.34. The molecule has 0 spiro atoms. The van der Waals surface area contributed by atoms with Gasteiger partial charge in [0.05, 0.1) is 11.6 Å². The normalized spacial score (nSPS) is 17.0. The van der Waals surface area contributed by atoms with Crippen molar-refractivity contribution < 1.29 is 14.7 Å². The maximum Gasteiger partial charge on any atom is 0.319 e. The van der Waals surface area contributed by atoms with Crippen LogP contribution in [0.15, 0.2) is 53.7 Å². The third kappa shape index (κ3) is 4.79. The van der Waals surface area contributed by atoms with E-state index >= 15 is 0 Å². The highest BCUT2D eigenvalue weighted by atomic mass is 16.3. The van der Waals surface area contributed by atoms with Gasteiger partial charge in [-0.3, -0.25) is 4.79 Å². The van der Waals surface area contributed by atoms with Crippen molar-refractivity contribution >= 4 is 17.6 Å². The quantitative estimate of drug-likeness (QED) is 0.530. The maximum absolute atomic E-state index is 13.3. The van der Waals surface area contributed by atoms with E-state index in [1.54, 1.807) is 6.92 Å². The Labute approximate surface area is 190 Å². The van der Waals surface area contributed by atoms with Crippen molar-refractivity contribution in [2.45, 2.75) is 65.3 Å². The van der Waals surface area contributed by atoms with Crippen molar-refractivity contribution in [2.24, 2.45) is 0 Å². The van der Waals surface area contributed by atoms with E-state index in [2.05, 4.69) is 16.0 Å². The summed E-state index contributed by atoms with van der Waals surface area (Å²) in [5.74, 6) is -0.0427. The molecule has 170 valence electrons. The molecule has 4 N–H and O–H groups in total. The number of carbonyl (C=O) groups is 2. The lowest BCUT2D eigenvalue weighted by Crippen LogP contribution is -2.46. The monoisotopic (exact) mass is 435 g/mol. The van der Waals surface area contributed by atoms with E-state index in [0.29, 0.717) is 17.0 Å². The molecule has 3 amide bonds. The minimum absolute atomic E-state index is 0.255. The number of carbonyl (C=O) groups excluding carboxylic acids is 2. The second-order valence-corrected chi connectivity index (χ2v) is 10.4. The zero-order chi connectivity index (χ0) is 23.8. The van der Waals surface area contributed by atoms with Crippen molar-refractivity contribution in [2.75, 3.05) is 5.32 Å². The Morgan fingerprint density at radius 3 is 2.00 bits per heavy atom. The Bertz CT molecular complexity index is 1040. The number of para-hydroxylation sites is 1. The summed E-state index contributed by atoms with van der Waals surface area (Å²) >= 11 is 0. The molecule has 0 unspecified atom stereocenters. The lowest BCUT2D eigenvalue weighted by Gasteiger charge is -2.32. The highest BCUT2D eigenvalue weighted by molar-refractivity contribution is 6.06. The van der Waals surface area contributed by atoms with Crippen LogP contribution in [-0.2, 0) is 15.6 Å². The summed E-state index contributed by atoms with van der Waals surface area (Å²) in [6.07, 6.45) is 0. The average molecular weight is 436 g/mol. The largest absolute Gasteiger partial charge is 0.507 e. The fourth-order valence-electron chi connectivity index (χ4n) is 3.93. The van der Waals surface area contributed by atoms with E-state index < -0.39 is 6.04 Å². The number of benzene rings is 2. The second-order valence-electron chi connectivity index (χ2n) is 10.4. The van der Waals surface area contributed by atoms with Gasteiger partial charge in [0.25, 0.3) is 5.91 Å². The van der Waals surface area contributed by atoms with Crippen molar-refractivity contribution in [3.63, 3.8) is 0 Å². The van der Waals surface area contributed by atoms with Crippen LogP contribution in [0.4, 0.5) is 10.5 Å². The first-order valence-electron chi connectivity index (χ1n) is 10.8. The Kier molecular flexibility index (Phi) is 6.09. The van der Waals surface area contributed by atoms with Gasteiger partial charge in [-0.2, -0.15) is 0 Å². The molecule has 1 aliphatic heterocycles. The highest BCUT2D eigenvalue weighted by Crippen LogP contribution is 2.42. The predicted octanol–water partition coefficient (Wildman–Crippen LogP) is 5.25. The number of urea groups is 1. The van der Waals surface area contributed by atoms with Gasteiger partial charge in [-0.1, -0.05) is 59.7 Å². The van der Waals surface area contributed by atoms with Gasteiger partial charge in [-0.15, -0.1) is 0 Å². The number of aromatic hydroxyl groups is 1. The first-order valence-corrected chi connectivity index (χ1v) is 10.8. The molecule has 6 heteroatoms. The summed E-state index contributed by atoms with van der Waals surface area (Å²) in [7, 11) is 0. The van der Waals surface area contributed by atoms with Gasteiger partial charge in [0, 0.05) is 11.4 Å². The van der Waals surface area contributed by atoms with Crippen molar-refractivity contribution in [1.29, 1.82) is 0 Å². The zero-order valence-corrected chi connectivity index (χ0v) is 19.9. The molecule has 0 bridgehead atoms. The Balaban J connectivity index is 2.16. The van der Waals surface area contributed by atoms with Crippen LogP contribution < -0.4 is 16.0 Å². The molecule has 2 aromatic carbocycles. The maximum atomic E-state index is 13.3. The molecule has 1 atom stereocenters. The van der Waals surface area contributed by atoms with Gasteiger partial charge in [0.1, 0.15) is 5.75 Å². The Hall–Kier alpha value is -3.28. The molecule has 0 aromatic heterocycles. The van der Waals surface area contributed by atoms with Crippen LogP contribution in [0.25, 0.3) is 0 Å². The van der Waals surface area contributed by atoms with E-state index in [1.165, 1.54) is 0 Å². The number of rotatable bonds is 3. The summed E-state index contributed by atoms with van der Waals surface area (Å²) in [6, 6.07) is 12.0. The Morgan fingerprint density at radius 2 is 1.50 bits per heavy atom.